The first kappa shape index (κ1) is 10.9. The number of rotatable bonds is 3. The molecule has 92 valence electrons. The molecule has 1 aromatic carbocycles. The van der Waals surface area contributed by atoms with Gasteiger partial charge in [-0.3, -0.25) is 9.36 Å². The second-order valence-electron chi connectivity index (χ2n) is 4.13. The lowest BCUT2D eigenvalue weighted by molar-refractivity contribution is 0.615. The maximum atomic E-state index is 5.72. The Morgan fingerprint density at radius 3 is 2.83 bits per heavy atom. The van der Waals surface area contributed by atoms with Crippen LogP contribution in [0.3, 0.4) is 0 Å². The van der Waals surface area contributed by atoms with E-state index in [-0.39, 0.29) is 0 Å². The number of benzene rings is 1. The maximum absolute atomic E-state index is 5.72. The first-order valence-corrected chi connectivity index (χ1v) is 5.77. The number of hydrogen-bond donors (Lipinski definition) is 1. The minimum absolute atomic E-state index is 0.437. The average Bonchev–Trinajstić information content (AvgIpc) is 2.95. The number of para-hydroxylation sites is 1. The molecule has 0 atom stereocenters. The van der Waals surface area contributed by atoms with E-state index in [1.807, 2.05) is 36.0 Å². The van der Waals surface area contributed by atoms with Gasteiger partial charge >= 0.3 is 0 Å². The lowest BCUT2D eigenvalue weighted by Crippen LogP contribution is -2.09. The van der Waals surface area contributed by atoms with Crippen LogP contribution in [0.5, 0.6) is 0 Å². The van der Waals surface area contributed by atoms with Gasteiger partial charge in [-0.05, 0) is 6.07 Å². The van der Waals surface area contributed by atoms with E-state index < -0.39 is 0 Å². The number of aryl methyl sites for hydroxylation is 1. The van der Waals surface area contributed by atoms with Crippen LogP contribution in [0.4, 0.5) is 0 Å². The Bertz CT molecular complexity index is 681. The third-order valence-electron chi connectivity index (χ3n) is 3.02. The fraction of sp³-hybridized carbons (Fsp3) is 0.250. The van der Waals surface area contributed by atoms with Crippen LogP contribution in [0.2, 0.25) is 0 Å². The standard InChI is InChI=1S/C12H14N6/c1-17-12(14-8-15-17)7-18-11-5-3-2-4-9(11)10(6-13)16-18/h2-5,8H,6-7,13H2,1H3. The molecular weight excluding hydrogens is 228 g/mol. The van der Waals surface area contributed by atoms with Gasteiger partial charge in [0, 0.05) is 19.0 Å². The number of nitrogens with zero attached hydrogens (tertiary/aromatic N) is 5. The lowest BCUT2D eigenvalue weighted by atomic mass is 10.2. The van der Waals surface area contributed by atoms with Gasteiger partial charge in [-0.25, -0.2) is 4.98 Å². The zero-order valence-electron chi connectivity index (χ0n) is 10.1. The quantitative estimate of drug-likeness (QED) is 0.732. The van der Waals surface area contributed by atoms with Gasteiger partial charge in [-0.2, -0.15) is 10.2 Å². The van der Waals surface area contributed by atoms with Crippen molar-refractivity contribution in [3.63, 3.8) is 0 Å². The minimum atomic E-state index is 0.437. The molecule has 0 unspecified atom stereocenters. The van der Waals surface area contributed by atoms with Crippen LogP contribution in [-0.2, 0) is 20.1 Å². The van der Waals surface area contributed by atoms with Gasteiger partial charge in [-0.1, -0.05) is 18.2 Å². The van der Waals surface area contributed by atoms with Crippen molar-refractivity contribution in [2.75, 3.05) is 0 Å². The van der Waals surface area contributed by atoms with Crippen molar-refractivity contribution in [3.05, 3.63) is 42.1 Å². The predicted octanol–water partition coefficient (Wildman–Crippen LogP) is 0.672. The van der Waals surface area contributed by atoms with E-state index in [0.717, 1.165) is 22.4 Å². The van der Waals surface area contributed by atoms with E-state index in [0.29, 0.717) is 13.1 Å². The van der Waals surface area contributed by atoms with Crippen molar-refractivity contribution in [2.45, 2.75) is 13.1 Å². The molecule has 3 aromatic rings. The number of fused-ring (bicyclic) bond motifs is 1. The molecule has 0 aliphatic carbocycles. The van der Waals surface area contributed by atoms with E-state index in [1.165, 1.54) is 0 Å². The fourth-order valence-electron chi connectivity index (χ4n) is 2.06. The first-order chi connectivity index (χ1) is 8.79. The molecule has 0 amide bonds. The molecule has 0 aliphatic heterocycles. The Kier molecular flexibility index (Phi) is 2.56. The van der Waals surface area contributed by atoms with E-state index in [1.54, 1.807) is 11.0 Å². The minimum Gasteiger partial charge on any atom is -0.325 e. The molecule has 2 aromatic heterocycles. The van der Waals surface area contributed by atoms with Gasteiger partial charge in [0.1, 0.15) is 18.7 Å². The number of nitrogens with two attached hydrogens (primary N) is 1. The van der Waals surface area contributed by atoms with E-state index >= 15 is 0 Å². The van der Waals surface area contributed by atoms with Crippen LogP contribution in [0, 0.1) is 0 Å². The highest BCUT2D eigenvalue weighted by molar-refractivity contribution is 5.81. The summed E-state index contributed by atoms with van der Waals surface area (Å²) < 4.78 is 3.67. The van der Waals surface area contributed by atoms with Gasteiger partial charge in [0.05, 0.1) is 11.2 Å². The molecule has 6 nitrogen and oxygen atoms in total. The summed E-state index contributed by atoms with van der Waals surface area (Å²) in [5.41, 5.74) is 7.70. The van der Waals surface area contributed by atoms with Gasteiger partial charge < -0.3 is 5.73 Å². The van der Waals surface area contributed by atoms with Crippen LogP contribution in [0.1, 0.15) is 11.5 Å². The van der Waals surface area contributed by atoms with Crippen molar-refractivity contribution in [3.8, 4) is 0 Å². The van der Waals surface area contributed by atoms with E-state index in [2.05, 4.69) is 15.2 Å². The van der Waals surface area contributed by atoms with Gasteiger partial charge in [0.25, 0.3) is 0 Å². The van der Waals surface area contributed by atoms with Crippen molar-refractivity contribution < 1.29 is 0 Å². The summed E-state index contributed by atoms with van der Waals surface area (Å²) in [5, 5.41) is 9.69. The summed E-state index contributed by atoms with van der Waals surface area (Å²) in [6.45, 7) is 1.03. The Hall–Kier alpha value is -2.21. The summed E-state index contributed by atoms with van der Waals surface area (Å²) in [6, 6.07) is 8.07. The highest BCUT2D eigenvalue weighted by Gasteiger charge is 2.10. The zero-order chi connectivity index (χ0) is 12.5. The molecule has 0 saturated heterocycles. The molecule has 0 aliphatic rings. The van der Waals surface area contributed by atoms with Crippen LogP contribution in [0.15, 0.2) is 30.6 Å². The summed E-state index contributed by atoms with van der Waals surface area (Å²) in [6.07, 6.45) is 1.55. The third kappa shape index (κ3) is 1.67. The smallest absolute Gasteiger partial charge is 0.148 e. The van der Waals surface area contributed by atoms with E-state index in [9.17, 15) is 0 Å². The largest absolute Gasteiger partial charge is 0.325 e. The summed E-state index contributed by atoms with van der Waals surface area (Å²) in [7, 11) is 1.87. The van der Waals surface area contributed by atoms with Crippen molar-refractivity contribution in [1.82, 2.24) is 24.5 Å². The van der Waals surface area contributed by atoms with Crippen molar-refractivity contribution in [1.29, 1.82) is 0 Å². The van der Waals surface area contributed by atoms with Crippen LogP contribution >= 0.6 is 0 Å². The molecule has 0 saturated carbocycles. The van der Waals surface area contributed by atoms with Gasteiger partial charge in [0.2, 0.25) is 0 Å². The summed E-state index contributed by atoms with van der Waals surface area (Å²) in [4.78, 5) is 4.21. The normalized spacial score (nSPS) is 11.2. The van der Waals surface area contributed by atoms with E-state index in [4.69, 9.17) is 5.73 Å². The second kappa shape index (κ2) is 4.23. The molecular formula is C12H14N6. The Balaban J connectivity index is 2.09. The van der Waals surface area contributed by atoms with Crippen LogP contribution in [-0.4, -0.2) is 24.5 Å². The molecule has 2 N–H and O–H groups in total. The molecule has 0 radical (unpaired) electrons. The average molecular weight is 242 g/mol. The maximum Gasteiger partial charge on any atom is 0.148 e. The van der Waals surface area contributed by atoms with Crippen LogP contribution < -0.4 is 5.73 Å². The molecule has 0 bridgehead atoms. The molecule has 0 spiro atoms. The Morgan fingerprint density at radius 1 is 1.28 bits per heavy atom. The van der Waals surface area contributed by atoms with Crippen molar-refractivity contribution in [2.24, 2.45) is 12.8 Å². The van der Waals surface area contributed by atoms with Crippen molar-refractivity contribution >= 4 is 10.9 Å². The molecule has 18 heavy (non-hydrogen) atoms. The van der Waals surface area contributed by atoms with Gasteiger partial charge in [-0.15, -0.1) is 0 Å². The topological polar surface area (TPSA) is 74.5 Å². The molecule has 6 heteroatoms. The highest BCUT2D eigenvalue weighted by Crippen LogP contribution is 2.18. The Morgan fingerprint density at radius 2 is 2.11 bits per heavy atom. The lowest BCUT2D eigenvalue weighted by Gasteiger charge is -2.02. The Labute approximate surface area is 104 Å². The molecule has 2 heterocycles. The molecule has 3 rings (SSSR count). The first-order valence-electron chi connectivity index (χ1n) is 5.77. The monoisotopic (exact) mass is 242 g/mol. The van der Waals surface area contributed by atoms with Crippen LogP contribution in [0.25, 0.3) is 10.9 Å². The van der Waals surface area contributed by atoms with Gasteiger partial charge in [0.15, 0.2) is 0 Å². The molecule has 0 fully saturated rings. The highest BCUT2D eigenvalue weighted by atomic mass is 15.4. The third-order valence-corrected chi connectivity index (χ3v) is 3.02. The summed E-state index contributed by atoms with van der Waals surface area (Å²) in [5.74, 6) is 0.867. The zero-order valence-corrected chi connectivity index (χ0v) is 10.1. The number of aromatic nitrogens is 5. The summed E-state index contributed by atoms with van der Waals surface area (Å²) >= 11 is 0. The fourth-order valence-corrected chi connectivity index (χ4v) is 2.06. The predicted molar refractivity (Wildman–Crippen MR) is 67.7 cm³/mol. The second-order valence-corrected chi connectivity index (χ2v) is 4.13. The SMILES string of the molecule is Cn1ncnc1Cn1nc(CN)c2ccccc21. The number of hydrogen-bond acceptors (Lipinski definition) is 4.